The molecule has 7 heteroatoms. The Morgan fingerprint density at radius 2 is 1.81 bits per heavy atom. The average Bonchev–Trinajstić information content (AvgIpc) is 2.65. The van der Waals surface area contributed by atoms with Gasteiger partial charge in [0.2, 0.25) is 0 Å². The van der Waals surface area contributed by atoms with Gasteiger partial charge in [0.05, 0.1) is 7.11 Å². The van der Waals surface area contributed by atoms with Crippen molar-refractivity contribution in [1.29, 1.82) is 0 Å². The van der Waals surface area contributed by atoms with Gasteiger partial charge in [0.25, 0.3) is 10.0 Å². The Hall–Kier alpha value is -1.76. The highest BCUT2D eigenvalue weighted by Crippen LogP contribution is 2.29. The minimum atomic E-state index is -3.79. The van der Waals surface area contributed by atoms with E-state index in [4.69, 9.17) is 16.3 Å². The van der Waals surface area contributed by atoms with Crippen LogP contribution in [-0.4, -0.2) is 33.5 Å². The SMILES string of the molecule is COc1ccc(Cl)cc1S(=O)(=O)Nc1ccc(CN2CCC(C)CC2)cc1. The molecule has 0 unspecified atom stereocenters. The Bertz CT molecular complexity index is 877. The number of halogens is 1. The third-order valence-electron chi connectivity index (χ3n) is 4.90. The van der Waals surface area contributed by atoms with E-state index in [0.717, 1.165) is 25.6 Å². The Balaban J connectivity index is 1.70. The van der Waals surface area contributed by atoms with Crippen LogP contribution in [0.5, 0.6) is 5.75 Å². The highest BCUT2D eigenvalue weighted by molar-refractivity contribution is 7.92. The number of rotatable bonds is 6. The molecule has 27 heavy (non-hydrogen) atoms. The van der Waals surface area contributed by atoms with Gasteiger partial charge < -0.3 is 4.74 Å². The molecule has 146 valence electrons. The van der Waals surface area contributed by atoms with Gasteiger partial charge in [0, 0.05) is 17.3 Å². The van der Waals surface area contributed by atoms with Crippen LogP contribution in [0.1, 0.15) is 25.3 Å². The zero-order valence-electron chi connectivity index (χ0n) is 15.6. The molecule has 0 spiro atoms. The van der Waals surface area contributed by atoms with E-state index in [-0.39, 0.29) is 10.6 Å². The van der Waals surface area contributed by atoms with Crippen LogP contribution < -0.4 is 9.46 Å². The molecule has 1 heterocycles. The third kappa shape index (κ3) is 5.15. The van der Waals surface area contributed by atoms with Crippen LogP contribution >= 0.6 is 11.6 Å². The molecular weight excluding hydrogens is 384 g/mol. The maximum Gasteiger partial charge on any atom is 0.265 e. The van der Waals surface area contributed by atoms with Gasteiger partial charge in [-0.05, 0) is 67.7 Å². The van der Waals surface area contributed by atoms with E-state index in [1.54, 1.807) is 24.3 Å². The predicted molar refractivity (Wildman–Crippen MR) is 109 cm³/mol. The summed E-state index contributed by atoms with van der Waals surface area (Å²) in [5.41, 5.74) is 1.68. The van der Waals surface area contributed by atoms with E-state index in [1.807, 2.05) is 12.1 Å². The fourth-order valence-electron chi connectivity index (χ4n) is 3.23. The van der Waals surface area contributed by atoms with Crippen molar-refractivity contribution in [3.8, 4) is 5.75 Å². The molecular formula is C20H25ClN2O3S. The lowest BCUT2D eigenvalue weighted by Crippen LogP contribution is -2.32. The first kappa shape index (κ1) is 20.0. The summed E-state index contributed by atoms with van der Waals surface area (Å²) < 4.78 is 33.2. The summed E-state index contributed by atoms with van der Waals surface area (Å²) in [5.74, 6) is 1.06. The molecule has 1 aliphatic rings. The van der Waals surface area contributed by atoms with E-state index in [0.29, 0.717) is 10.7 Å². The largest absolute Gasteiger partial charge is 0.495 e. The smallest absolute Gasteiger partial charge is 0.265 e. The molecule has 0 amide bonds. The van der Waals surface area contributed by atoms with Crippen molar-refractivity contribution in [2.45, 2.75) is 31.2 Å². The first-order chi connectivity index (χ1) is 12.9. The van der Waals surface area contributed by atoms with E-state index in [2.05, 4.69) is 16.5 Å². The summed E-state index contributed by atoms with van der Waals surface area (Å²) in [6.07, 6.45) is 2.47. The Morgan fingerprint density at radius 1 is 1.15 bits per heavy atom. The molecule has 0 saturated carbocycles. The standard InChI is InChI=1S/C20H25ClN2O3S/c1-15-9-11-23(12-10-15)14-16-3-6-18(7-4-16)22-27(24,25)20-13-17(21)5-8-19(20)26-2/h3-8,13,15,22H,9-12,14H2,1-2H3. The quantitative estimate of drug-likeness (QED) is 0.770. The van der Waals surface area contributed by atoms with Gasteiger partial charge in [-0.1, -0.05) is 30.7 Å². The van der Waals surface area contributed by atoms with Crippen LogP contribution in [-0.2, 0) is 16.6 Å². The van der Waals surface area contributed by atoms with Gasteiger partial charge in [-0.25, -0.2) is 8.42 Å². The monoisotopic (exact) mass is 408 g/mol. The number of anilines is 1. The Labute approximate surface area is 166 Å². The number of nitrogens with zero attached hydrogens (tertiary/aromatic N) is 1. The highest BCUT2D eigenvalue weighted by Gasteiger charge is 2.20. The van der Waals surface area contributed by atoms with Crippen LogP contribution in [0.3, 0.4) is 0 Å². The zero-order chi connectivity index (χ0) is 19.4. The summed E-state index contributed by atoms with van der Waals surface area (Å²) in [6.45, 7) is 5.42. The molecule has 1 fully saturated rings. The van der Waals surface area contributed by atoms with Crippen LogP contribution in [0.15, 0.2) is 47.4 Å². The van der Waals surface area contributed by atoms with Gasteiger partial charge in [-0.2, -0.15) is 0 Å². The summed E-state index contributed by atoms with van der Waals surface area (Å²) in [7, 11) is -2.37. The van der Waals surface area contributed by atoms with Gasteiger partial charge in [0.1, 0.15) is 10.6 Å². The minimum Gasteiger partial charge on any atom is -0.495 e. The number of nitrogens with one attached hydrogen (secondary N) is 1. The van der Waals surface area contributed by atoms with Gasteiger partial charge in [-0.15, -0.1) is 0 Å². The number of hydrogen-bond acceptors (Lipinski definition) is 4. The Morgan fingerprint density at radius 3 is 2.44 bits per heavy atom. The molecule has 3 rings (SSSR count). The number of sulfonamides is 1. The van der Waals surface area contributed by atoms with Crippen molar-refractivity contribution in [3.05, 3.63) is 53.1 Å². The van der Waals surface area contributed by atoms with Gasteiger partial charge >= 0.3 is 0 Å². The maximum absolute atomic E-state index is 12.7. The summed E-state index contributed by atoms with van der Waals surface area (Å²) in [6, 6.07) is 12.0. The van der Waals surface area contributed by atoms with Crippen molar-refractivity contribution >= 4 is 27.3 Å². The molecule has 1 aliphatic heterocycles. The number of hydrogen-bond donors (Lipinski definition) is 1. The zero-order valence-corrected chi connectivity index (χ0v) is 17.2. The van der Waals surface area contributed by atoms with Crippen LogP contribution in [0.4, 0.5) is 5.69 Å². The van der Waals surface area contributed by atoms with Crippen molar-refractivity contribution in [1.82, 2.24) is 4.90 Å². The second-order valence-corrected chi connectivity index (χ2v) is 9.14. The average molecular weight is 409 g/mol. The number of benzene rings is 2. The summed E-state index contributed by atoms with van der Waals surface area (Å²) >= 11 is 5.95. The van der Waals surface area contributed by atoms with E-state index in [9.17, 15) is 8.42 Å². The second kappa shape index (κ2) is 8.50. The molecule has 0 bridgehead atoms. The van der Waals surface area contributed by atoms with Crippen LogP contribution in [0.2, 0.25) is 5.02 Å². The molecule has 0 aromatic heterocycles. The van der Waals surface area contributed by atoms with E-state index < -0.39 is 10.0 Å². The number of ether oxygens (including phenoxy) is 1. The van der Waals surface area contributed by atoms with Crippen molar-refractivity contribution < 1.29 is 13.2 Å². The molecule has 0 atom stereocenters. The molecule has 1 saturated heterocycles. The van der Waals surface area contributed by atoms with Crippen molar-refractivity contribution in [2.24, 2.45) is 5.92 Å². The summed E-state index contributed by atoms with van der Waals surface area (Å²) in [4.78, 5) is 2.46. The van der Waals surface area contributed by atoms with Crippen molar-refractivity contribution in [2.75, 3.05) is 24.9 Å². The lowest BCUT2D eigenvalue weighted by atomic mass is 9.99. The first-order valence-corrected chi connectivity index (χ1v) is 10.9. The lowest BCUT2D eigenvalue weighted by Gasteiger charge is -2.30. The fraction of sp³-hybridized carbons (Fsp3) is 0.400. The van der Waals surface area contributed by atoms with Crippen molar-refractivity contribution in [3.63, 3.8) is 0 Å². The first-order valence-electron chi connectivity index (χ1n) is 9.05. The summed E-state index contributed by atoms with van der Waals surface area (Å²) in [5, 5.41) is 0.336. The number of likely N-dealkylation sites (tertiary alicyclic amines) is 1. The highest BCUT2D eigenvalue weighted by atomic mass is 35.5. The minimum absolute atomic E-state index is 0.0176. The molecule has 0 aliphatic carbocycles. The second-order valence-electron chi connectivity index (χ2n) is 7.06. The molecule has 2 aromatic rings. The topological polar surface area (TPSA) is 58.6 Å². The van der Waals surface area contributed by atoms with Gasteiger partial charge in [0.15, 0.2) is 0 Å². The third-order valence-corrected chi connectivity index (χ3v) is 6.54. The molecule has 2 aromatic carbocycles. The van der Waals surface area contributed by atoms with Crippen LogP contribution in [0, 0.1) is 5.92 Å². The Kier molecular flexibility index (Phi) is 6.29. The molecule has 1 N–H and O–H groups in total. The normalized spacial score (nSPS) is 16.3. The molecule has 5 nitrogen and oxygen atoms in total. The van der Waals surface area contributed by atoms with E-state index in [1.165, 1.54) is 31.6 Å². The lowest BCUT2D eigenvalue weighted by molar-refractivity contribution is 0.185. The number of methoxy groups -OCH3 is 1. The van der Waals surface area contributed by atoms with E-state index >= 15 is 0 Å². The maximum atomic E-state index is 12.7. The van der Waals surface area contributed by atoms with Gasteiger partial charge in [-0.3, -0.25) is 9.62 Å². The number of piperidine rings is 1. The van der Waals surface area contributed by atoms with Crippen LogP contribution in [0.25, 0.3) is 0 Å². The predicted octanol–water partition coefficient (Wildman–Crippen LogP) is 4.38. The fourth-order valence-corrected chi connectivity index (χ4v) is 4.72. The molecule has 0 radical (unpaired) electrons.